The lowest BCUT2D eigenvalue weighted by molar-refractivity contribution is 0.112. The Bertz CT molecular complexity index is 2420. The Hall–Kier alpha value is -4.49. The fourth-order valence-electron chi connectivity index (χ4n) is 7.38. The van der Waals surface area contributed by atoms with Crippen molar-refractivity contribution in [2.75, 3.05) is 0 Å². The summed E-state index contributed by atoms with van der Waals surface area (Å²) in [5, 5.41) is 23.3. The van der Waals surface area contributed by atoms with E-state index in [2.05, 4.69) is 78.9 Å². The van der Waals surface area contributed by atoms with Gasteiger partial charge < -0.3 is 0 Å². The van der Waals surface area contributed by atoms with Crippen molar-refractivity contribution in [1.29, 1.82) is 0 Å². The monoisotopic (exact) mass is 426 g/mol. The van der Waals surface area contributed by atoms with Gasteiger partial charge in [0.1, 0.15) is 0 Å². The van der Waals surface area contributed by atoms with Gasteiger partial charge >= 0.3 is 0 Å². The molecule has 10 aromatic rings. The highest BCUT2D eigenvalue weighted by atomic mass is 16.1. The lowest BCUT2D eigenvalue weighted by Crippen LogP contribution is -1.98. The summed E-state index contributed by atoms with van der Waals surface area (Å²) in [7, 11) is 0. The third kappa shape index (κ3) is 1.47. The lowest BCUT2D eigenvalue weighted by atomic mass is 9.77. The summed E-state index contributed by atoms with van der Waals surface area (Å²) in [5.74, 6) is 0. The molecule has 0 saturated heterocycles. The van der Waals surface area contributed by atoms with Gasteiger partial charge in [-0.2, -0.15) is 0 Å². The van der Waals surface area contributed by atoms with Crippen LogP contribution in [0, 0.1) is 0 Å². The van der Waals surface area contributed by atoms with Gasteiger partial charge in [-0.1, -0.05) is 60.7 Å². The van der Waals surface area contributed by atoms with Crippen molar-refractivity contribution in [1.82, 2.24) is 0 Å². The molecule has 0 radical (unpaired) electrons. The van der Waals surface area contributed by atoms with Crippen LogP contribution in [0.4, 0.5) is 0 Å². The summed E-state index contributed by atoms with van der Waals surface area (Å²) in [6, 6.07) is 29.2. The van der Waals surface area contributed by atoms with Gasteiger partial charge in [0.25, 0.3) is 0 Å². The van der Waals surface area contributed by atoms with Crippen LogP contribution in [-0.2, 0) is 0 Å². The first kappa shape index (κ1) is 16.2. The minimum absolute atomic E-state index is 0.778. The van der Waals surface area contributed by atoms with Crippen molar-refractivity contribution in [2.24, 2.45) is 0 Å². The van der Waals surface area contributed by atoms with Crippen molar-refractivity contribution < 1.29 is 4.79 Å². The van der Waals surface area contributed by atoms with E-state index in [0.717, 1.165) is 22.6 Å². The predicted molar refractivity (Wildman–Crippen MR) is 145 cm³/mol. The van der Waals surface area contributed by atoms with Gasteiger partial charge in [0.2, 0.25) is 0 Å². The number of carbonyl (C=O) groups is 1. The van der Waals surface area contributed by atoms with Gasteiger partial charge in [0.05, 0.1) is 0 Å². The quantitative estimate of drug-likeness (QED) is 0.145. The maximum absolute atomic E-state index is 12.3. The molecule has 0 aromatic heterocycles. The van der Waals surface area contributed by atoms with E-state index < -0.39 is 0 Å². The van der Waals surface area contributed by atoms with E-state index in [1.807, 2.05) is 0 Å². The minimum atomic E-state index is 0.778. The Morgan fingerprint density at radius 2 is 0.706 bits per heavy atom. The molecule has 152 valence electrons. The first-order chi connectivity index (χ1) is 16.8. The molecule has 0 N–H and O–H groups in total. The standard InChI is InChI=1S/C33H14O/c34-14-22-12-20-9-5-17-4-8-19-11-18-7-3-15-1-2-16-6-10-21-13-23(22)31-27(20)26(17)29(19)32-28(18)24(15)25(16)30(21)33(31)32/h1-14H. The fraction of sp³-hybridized carbons (Fsp3) is 0. The van der Waals surface area contributed by atoms with Gasteiger partial charge in [-0.25, -0.2) is 0 Å². The van der Waals surface area contributed by atoms with Gasteiger partial charge in [0.15, 0.2) is 6.29 Å². The highest BCUT2D eigenvalue weighted by molar-refractivity contribution is 6.53. The van der Waals surface area contributed by atoms with E-state index in [0.29, 0.717) is 0 Å². The molecule has 0 fully saturated rings. The van der Waals surface area contributed by atoms with Crippen LogP contribution < -0.4 is 0 Å². The van der Waals surface area contributed by atoms with Crippen LogP contribution in [-0.4, -0.2) is 6.29 Å². The van der Waals surface area contributed by atoms with Crippen LogP contribution in [0.2, 0.25) is 0 Å². The Kier molecular flexibility index (Phi) is 2.32. The minimum Gasteiger partial charge on any atom is -0.298 e. The summed E-state index contributed by atoms with van der Waals surface area (Å²) >= 11 is 0. The van der Waals surface area contributed by atoms with Crippen LogP contribution in [0.1, 0.15) is 10.4 Å². The fourth-order valence-corrected chi connectivity index (χ4v) is 7.38. The summed E-state index contributed by atoms with van der Waals surface area (Å²) in [6.45, 7) is 0. The molecule has 1 nitrogen and oxygen atoms in total. The Labute approximate surface area is 192 Å². The van der Waals surface area contributed by atoms with Gasteiger partial charge in [0, 0.05) is 5.56 Å². The first-order valence-corrected chi connectivity index (χ1v) is 11.8. The molecule has 0 atom stereocenters. The summed E-state index contributed by atoms with van der Waals surface area (Å²) in [6.07, 6.45) is 1.03. The predicted octanol–water partition coefficient (Wildman–Crippen LogP) is 9.07. The van der Waals surface area contributed by atoms with E-state index in [9.17, 15) is 4.79 Å². The van der Waals surface area contributed by atoms with Crippen molar-refractivity contribution in [2.45, 2.75) is 0 Å². The molecular formula is C33H14O. The second kappa shape index (κ2) is 4.88. The third-order valence-electron chi connectivity index (χ3n) is 8.61. The molecule has 0 aliphatic heterocycles. The SMILES string of the molecule is O=Cc1cc2ccc3ccc4cc5ccc6ccc7ccc8cc1c1c2c3c4c2c5c6c7c8c12. The zero-order valence-corrected chi connectivity index (χ0v) is 18.0. The third-order valence-corrected chi connectivity index (χ3v) is 8.61. The lowest BCUT2D eigenvalue weighted by Gasteiger charge is -2.25. The number of benzene rings is 10. The number of rotatable bonds is 1. The maximum Gasteiger partial charge on any atom is 0.150 e. The zero-order valence-electron chi connectivity index (χ0n) is 18.0. The maximum atomic E-state index is 12.3. The molecule has 1 heteroatoms. The summed E-state index contributed by atoms with van der Waals surface area (Å²) in [5.41, 5.74) is 0.778. The highest BCUT2D eigenvalue weighted by Crippen LogP contribution is 2.54. The van der Waals surface area contributed by atoms with Gasteiger partial charge in [-0.3, -0.25) is 4.79 Å². The molecule has 0 unspecified atom stereocenters. The molecule has 0 aliphatic rings. The highest BCUT2D eigenvalue weighted by Gasteiger charge is 2.26. The number of hydrogen-bond donors (Lipinski definition) is 0. The molecule has 0 saturated carbocycles. The topological polar surface area (TPSA) is 17.1 Å². The van der Waals surface area contributed by atoms with Crippen molar-refractivity contribution in [3.05, 3.63) is 84.4 Å². The molecular weight excluding hydrogens is 412 g/mol. The van der Waals surface area contributed by atoms with Crippen LogP contribution in [0.3, 0.4) is 0 Å². The molecule has 10 aromatic carbocycles. The first-order valence-electron chi connectivity index (χ1n) is 11.8. The van der Waals surface area contributed by atoms with Crippen molar-refractivity contribution >= 4 is 103 Å². The average Bonchev–Trinajstić information content (AvgIpc) is 2.89. The molecule has 0 heterocycles. The van der Waals surface area contributed by atoms with E-state index in [1.54, 1.807) is 0 Å². The van der Waals surface area contributed by atoms with Crippen LogP contribution in [0.25, 0.3) is 97.0 Å². The van der Waals surface area contributed by atoms with Crippen LogP contribution >= 0.6 is 0 Å². The van der Waals surface area contributed by atoms with E-state index >= 15 is 0 Å². The molecule has 0 bridgehead atoms. The van der Waals surface area contributed by atoms with E-state index in [-0.39, 0.29) is 0 Å². The molecule has 0 spiro atoms. The molecule has 34 heavy (non-hydrogen) atoms. The molecule has 10 rings (SSSR count). The Morgan fingerprint density at radius 3 is 1.21 bits per heavy atom. The van der Waals surface area contributed by atoms with Crippen molar-refractivity contribution in [3.8, 4) is 0 Å². The van der Waals surface area contributed by atoms with E-state index in [4.69, 9.17) is 0 Å². The second-order valence-electron chi connectivity index (χ2n) is 10.0. The van der Waals surface area contributed by atoms with Crippen molar-refractivity contribution in [3.63, 3.8) is 0 Å². The number of carbonyl (C=O) groups excluding carboxylic acids is 1. The Morgan fingerprint density at radius 1 is 0.353 bits per heavy atom. The normalized spacial score (nSPS) is 13.4. The number of hydrogen-bond acceptors (Lipinski definition) is 1. The Balaban J connectivity index is 1.80. The summed E-state index contributed by atoms with van der Waals surface area (Å²) in [4.78, 5) is 12.3. The average molecular weight is 426 g/mol. The summed E-state index contributed by atoms with van der Waals surface area (Å²) < 4.78 is 0. The van der Waals surface area contributed by atoms with Gasteiger partial charge in [-0.05, 0) is 115 Å². The largest absolute Gasteiger partial charge is 0.298 e. The van der Waals surface area contributed by atoms with Gasteiger partial charge in [-0.15, -0.1) is 0 Å². The van der Waals surface area contributed by atoms with Crippen LogP contribution in [0.5, 0.6) is 0 Å². The smallest absolute Gasteiger partial charge is 0.150 e. The molecule has 0 aliphatic carbocycles. The molecule has 0 amide bonds. The number of aldehydes is 1. The van der Waals surface area contributed by atoms with Crippen LogP contribution in [0.15, 0.2) is 78.9 Å². The second-order valence-corrected chi connectivity index (χ2v) is 10.0. The van der Waals surface area contributed by atoms with E-state index in [1.165, 1.54) is 86.2 Å². The zero-order chi connectivity index (χ0) is 21.9.